The third kappa shape index (κ3) is 5.05. The Kier molecular flexibility index (Phi) is 5.27. The predicted octanol–water partition coefficient (Wildman–Crippen LogP) is 3.03. The van der Waals surface area contributed by atoms with E-state index in [-0.39, 0.29) is 24.0 Å². The maximum Gasteiger partial charge on any atom is 0.416 e. The number of carbonyl (C=O) groups is 1. The highest BCUT2D eigenvalue weighted by atomic mass is 19.4. The van der Waals surface area contributed by atoms with E-state index >= 15 is 0 Å². The lowest BCUT2D eigenvalue weighted by atomic mass is 10.2. The van der Waals surface area contributed by atoms with Gasteiger partial charge in [0.05, 0.1) is 11.6 Å². The van der Waals surface area contributed by atoms with E-state index in [0.717, 1.165) is 35.4 Å². The maximum absolute atomic E-state index is 13.0. The SMILES string of the molecule is O=C(C[NH+](Cc1ccc(F)cc1)C1CC1)Nc1cccc(C(F)(F)F)c1. The Morgan fingerprint density at radius 2 is 1.81 bits per heavy atom. The number of halogens is 4. The van der Waals surface area contributed by atoms with Gasteiger partial charge in [0.15, 0.2) is 6.54 Å². The van der Waals surface area contributed by atoms with E-state index in [4.69, 9.17) is 0 Å². The molecule has 1 fully saturated rings. The number of carbonyl (C=O) groups excluding carboxylic acids is 1. The summed E-state index contributed by atoms with van der Waals surface area (Å²) in [5.41, 5.74) is 0.245. The van der Waals surface area contributed by atoms with Gasteiger partial charge in [-0.05, 0) is 30.3 Å². The van der Waals surface area contributed by atoms with Crippen LogP contribution in [-0.2, 0) is 17.5 Å². The molecule has 1 aliphatic carbocycles. The summed E-state index contributed by atoms with van der Waals surface area (Å²) in [4.78, 5) is 13.3. The van der Waals surface area contributed by atoms with Crippen molar-refractivity contribution in [3.05, 3.63) is 65.5 Å². The van der Waals surface area contributed by atoms with Gasteiger partial charge in [0.25, 0.3) is 5.91 Å². The van der Waals surface area contributed by atoms with Crippen molar-refractivity contribution in [2.45, 2.75) is 31.6 Å². The highest BCUT2D eigenvalue weighted by Crippen LogP contribution is 2.30. The second kappa shape index (κ2) is 7.45. The molecule has 26 heavy (non-hydrogen) atoms. The molecule has 1 unspecified atom stereocenters. The number of quaternary nitrogens is 1. The Bertz CT molecular complexity index is 770. The highest BCUT2D eigenvalue weighted by Gasteiger charge is 2.35. The Hall–Kier alpha value is -2.41. The van der Waals surface area contributed by atoms with Gasteiger partial charge in [-0.25, -0.2) is 4.39 Å². The predicted molar refractivity (Wildman–Crippen MR) is 89.0 cm³/mol. The van der Waals surface area contributed by atoms with Gasteiger partial charge in [-0.1, -0.05) is 18.2 Å². The third-order valence-electron chi connectivity index (χ3n) is 4.36. The zero-order valence-corrected chi connectivity index (χ0v) is 13.9. The summed E-state index contributed by atoms with van der Waals surface area (Å²) < 4.78 is 51.3. The number of hydrogen-bond donors (Lipinski definition) is 2. The molecule has 0 bridgehead atoms. The minimum Gasteiger partial charge on any atom is -0.321 e. The maximum atomic E-state index is 13.0. The number of alkyl halides is 3. The molecule has 3 nitrogen and oxygen atoms in total. The molecule has 2 aromatic rings. The molecule has 7 heteroatoms. The van der Waals surface area contributed by atoms with Crippen molar-refractivity contribution in [3.63, 3.8) is 0 Å². The molecule has 0 spiro atoms. The van der Waals surface area contributed by atoms with Crippen LogP contribution in [0.2, 0.25) is 0 Å². The molecule has 2 aromatic carbocycles. The van der Waals surface area contributed by atoms with E-state index in [2.05, 4.69) is 5.32 Å². The minimum absolute atomic E-state index is 0.127. The molecule has 3 rings (SSSR count). The molecule has 0 aromatic heterocycles. The van der Waals surface area contributed by atoms with E-state index in [1.165, 1.54) is 24.3 Å². The molecule has 2 N–H and O–H groups in total. The zero-order chi connectivity index (χ0) is 18.7. The van der Waals surface area contributed by atoms with Crippen LogP contribution in [0.3, 0.4) is 0 Å². The number of amides is 1. The summed E-state index contributed by atoms with van der Waals surface area (Å²) in [6, 6.07) is 11.1. The average molecular weight is 367 g/mol. The van der Waals surface area contributed by atoms with Crippen LogP contribution in [0, 0.1) is 5.82 Å². The highest BCUT2D eigenvalue weighted by molar-refractivity contribution is 5.91. The molecular formula is C19H19F4N2O+. The summed E-state index contributed by atoms with van der Waals surface area (Å²) >= 11 is 0. The second-order valence-electron chi connectivity index (χ2n) is 6.54. The van der Waals surface area contributed by atoms with Crippen molar-refractivity contribution in [2.75, 3.05) is 11.9 Å². The number of hydrogen-bond acceptors (Lipinski definition) is 1. The van der Waals surface area contributed by atoms with Gasteiger partial charge in [-0.2, -0.15) is 13.2 Å². The molecule has 1 saturated carbocycles. The Morgan fingerprint density at radius 1 is 1.12 bits per heavy atom. The van der Waals surface area contributed by atoms with Gasteiger partial charge in [0, 0.05) is 24.1 Å². The van der Waals surface area contributed by atoms with Gasteiger partial charge in [-0.3, -0.25) is 4.79 Å². The van der Waals surface area contributed by atoms with Gasteiger partial charge in [-0.15, -0.1) is 0 Å². The lowest BCUT2D eigenvalue weighted by molar-refractivity contribution is -0.916. The molecular weight excluding hydrogens is 348 g/mol. The van der Waals surface area contributed by atoms with Crippen molar-refractivity contribution in [1.82, 2.24) is 0 Å². The Balaban J connectivity index is 1.63. The summed E-state index contributed by atoms with van der Waals surface area (Å²) in [6.45, 7) is 0.721. The molecule has 138 valence electrons. The van der Waals surface area contributed by atoms with E-state index in [0.29, 0.717) is 12.6 Å². The first kappa shape index (κ1) is 18.4. The van der Waals surface area contributed by atoms with Crippen molar-refractivity contribution in [1.29, 1.82) is 0 Å². The van der Waals surface area contributed by atoms with E-state index in [9.17, 15) is 22.4 Å². The largest absolute Gasteiger partial charge is 0.416 e. The fourth-order valence-electron chi connectivity index (χ4n) is 2.89. The average Bonchev–Trinajstić information content (AvgIpc) is 3.40. The Labute approximate surface area is 148 Å². The first-order valence-electron chi connectivity index (χ1n) is 8.37. The second-order valence-corrected chi connectivity index (χ2v) is 6.54. The fourth-order valence-corrected chi connectivity index (χ4v) is 2.89. The number of rotatable bonds is 6. The van der Waals surface area contributed by atoms with Gasteiger partial charge in [0.1, 0.15) is 12.4 Å². The molecule has 1 amide bonds. The van der Waals surface area contributed by atoms with E-state index in [1.54, 1.807) is 12.1 Å². The zero-order valence-electron chi connectivity index (χ0n) is 13.9. The molecule has 0 heterocycles. The van der Waals surface area contributed by atoms with E-state index in [1.807, 2.05) is 0 Å². The lowest BCUT2D eigenvalue weighted by Gasteiger charge is -2.19. The van der Waals surface area contributed by atoms with Crippen LogP contribution in [0.5, 0.6) is 0 Å². The smallest absolute Gasteiger partial charge is 0.321 e. The fraction of sp³-hybridized carbons (Fsp3) is 0.316. The Morgan fingerprint density at radius 3 is 2.42 bits per heavy atom. The molecule has 0 saturated heterocycles. The lowest BCUT2D eigenvalue weighted by Crippen LogP contribution is -3.13. The summed E-state index contributed by atoms with van der Waals surface area (Å²) in [5.74, 6) is -0.655. The first-order valence-corrected chi connectivity index (χ1v) is 8.37. The summed E-state index contributed by atoms with van der Waals surface area (Å²) in [7, 11) is 0. The molecule has 0 radical (unpaired) electrons. The number of benzene rings is 2. The topological polar surface area (TPSA) is 33.5 Å². The van der Waals surface area contributed by atoms with Crippen LogP contribution in [0.4, 0.5) is 23.2 Å². The van der Waals surface area contributed by atoms with Crippen LogP contribution in [0.1, 0.15) is 24.0 Å². The van der Waals surface area contributed by atoms with Gasteiger partial charge < -0.3 is 10.2 Å². The quantitative estimate of drug-likeness (QED) is 0.756. The minimum atomic E-state index is -4.45. The normalized spacial score (nSPS) is 15.5. The number of anilines is 1. The molecule has 1 atom stereocenters. The molecule has 0 aliphatic heterocycles. The number of nitrogens with one attached hydrogen (secondary N) is 2. The van der Waals surface area contributed by atoms with E-state index < -0.39 is 11.7 Å². The third-order valence-corrected chi connectivity index (χ3v) is 4.36. The van der Waals surface area contributed by atoms with Gasteiger partial charge >= 0.3 is 6.18 Å². The standard InChI is InChI=1S/C19H18F4N2O/c20-15-6-4-13(5-7-15)11-25(17-8-9-17)12-18(26)24-16-3-1-2-14(10-16)19(21,22)23/h1-7,10,17H,8-9,11-12H2,(H,24,26)/p+1. The molecule has 1 aliphatic rings. The monoisotopic (exact) mass is 367 g/mol. The van der Waals surface area contributed by atoms with Crippen LogP contribution < -0.4 is 10.2 Å². The summed E-state index contributed by atoms with van der Waals surface area (Å²) in [5, 5.41) is 2.54. The van der Waals surface area contributed by atoms with Crippen molar-refractivity contribution >= 4 is 11.6 Å². The van der Waals surface area contributed by atoms with Crippen molar-refractivity contribution < 1.29 is 27.3 Å². The van der Waals surface area contributed by atoms with Crippen LogP contribution >= 0.6 is 0 Å². The van der Waals surface area contributed by atoms with Crippen molar-refractivity contribution in [2.24, 2.45) is 0 Å². The van der Waals surface area contributed by atoms with Gasteiger partial charge in [0.2, 0.25) is 0 Å². The van der Waals surface area contributed by atoms with Crippen LogP contribution in [-0.4, -0.2) is 18.5 Å². The van der Waals surface area contributed by atoms with Crippen LogP contribution in [0.15, 0.2) is 48.5 Å². The first-order chi connectivity index (χ1) is 12.3. The summed E-state index contributed by atoms with van der Waals surface area (Å²) in [6.07, 6.45) is -2.44. The van der Waals surface area contributed by atoms with Crippen molar-refractivity contribution in [3.8, 4) is 0 Å². The van der Waals surface area contributed by atoms with Crippen LogP contribution in [0.25, 0.3) is 0 Å².